The first-order valence-corrected chi connectivity index (χ1v) is 4.84. The summed E-state index contributed by atoms with van der Waals surface area (Å²) in [5.74, 6) is -0.742. The minimum atomic E-state index is -0.742. The molecule has 0 bridgehead atoms. The van der Waals surface area contributed by atoms with Crippen LogP contribution in [-0.2, 0) is 4.79 Å². The maximum Gasteiger partial charge on any atom is 0.314 e. The molecule has 0 unspecified atom stereocenters. The monoisotopic (exact) mass is 202 g/mol. The Bertz CT molecular complexity index is 183. The summed E-state index contributed by atoms with van der Waals surface area (Å²) >= 11 is 0. The van der Waals surface area contributed by atoms with Gasteiger partial charge in [0.2, 0.25) is 0 Å². The molecule has 0 spiro atoms. The molecular weight excluding hydrogens is 184 g/mol. The molecule has 0 aromatic carbocycles. The third kappa shape index (κ3) is 8.83. The maximum atomic E-state index is 10.7. The van der Waals surface area contributed by atoms with E-state index in [4.69, 9.17) is 5.11 Å². The van der Waals surface area contributed by atoms with E-state index in [9.17, 15) is 9.59 Å². The highest BCUT2D eigenvalue weighted by Crippen LogP contribution is 2.01. The lowest BCUT2D eigenvalue weighted by Gasteiger charge is -2.03. The summed E-state index contributed by atoms with van der Waals surface area (Å²) in [7, 11) is 1.57. The molecule has 0 fully saturated rings. The number of nitrogens with one attached hydrogen (secondary N) is 2. The average Bonchev–Trinajstić information content (AvgIpc) is 2.15. The molecule has 0 atom stereocenters. The van der Waals surface area contributed by atoms with E-state index in [1.54, 1.807) is 7.05 Å². The second-order valence-electron chi connectivity index (χ2n) is 3.06. The minimum Gasteiger partial charge on any atom is -0.481 e. The molecule has 0 saturated carbocycles. The first-order valence-electron chi connectivity index (χ1n) is 4.84. The van der Waals surface area contributed by atoms with Crippen LogP contribution in [0, 0.1) is 0 Å². The number of unbranched alkanes of at least 4 members (excludes halogenated alkanes) is 3. The van der Waals surface area contributed by atoms with Gasteiger partial charge in [0.15, 0.2) is 0 Å². The Hall–Kier alpha value is -1.26. The Morgan fingerprint density at radius 3 is 2.36 bits per heavy atom. The smallest absolute Gasteiger partial charge is 0.314 e. The zero-order chi connectivity index (χ0) is 10.8. The Kier molecular flexibility index (Phi) is 7.59. The molecule has 0 aliphatic rings. The number of carbonyl (C=O) groups excluding carboxylic acids is 1. The fraction of sp³-hybridized carbons (Fsp3) is 0.778. The van der Waals surface area contributed by atoms with E-state index < -0.39 is 5.97 Å². The quantitative estimate of drug-likeness (QED) is 0.538. The highest BCUT2D eigenvalue weighted by molar-refractivity contribution is 5.73. The molecular formula is C9H18N2O3. The second-order valence-corrected chi connectivity index (χ2v) is 3.06. The largest absolute Gasteiger partial charge is 0.481 e. The third-order valence-corrected chi connectivity index (χ3v) is 1.83. The van der Waals surface area contributed by atoms with Crippen LogP contribution in [0.1, 0.15) is 32.1 Å². The lowest BCUT2D eigenvalue weighted by atomic mass is 10.1. The molecule has 5 nitrogen and oxygen atoms in total. The van der Waals surface area contributed by atoms with Crippen LogP contribution in [0.3, 0.4) is 0 Å². The molecule has 2 amide bonds. The van der Waals surface area contributed by atoms with Gasteiger partial charge in [0.1, 0.15) is 0 Å². The number of amides is 2. The van der Waals surface area contributed by atoms with Gasteiger partial charge in [-0.05, 0) is 12.8 Å². The molecule has 82 valence electrons. The molecule has 3 N–H and O–H groups in total. The van der Waals surface area contributed by atoms with Crippen LogP contribution in [0.5, 0.6) is 0 Å². The molecule has 0 radical (unpaired) electrons. The standard InChI is InChI=1S/C9H18N2O3/c1-10-9(14)11-7-5-3-2-4-6-8(12)13/h2-7H2,1H3,(H,12,13)(H2,10,11,14). The van der Waals surface area contributed by atoms with Crippen molar-refractivity contribution in [3.05, 3.63) is 0 Å². The van der Waals surface area contributed by atoms with E-state index in [-0.39, 0.29) is 12.5 Å². The lowest BCUT2D eigenvalue weighted by Crippen LogP contribution is -2.33. The second kappa shape index (κ2) is 8.34. The van der Waals surface area contributed by atoms with Gasteiger partial charge in [0.05, 0.1) is 0 Å². The predicted molar refractivity (Wildman–Crippen MR) is 53.2 cm³/mol. The molecule has 14 heavy (non-hydrogen) atoms. The van der Waals surface area contributed by atoms with Crippen molar-refractivity contribution in [2.75, 3.05) is 13.6 Å². The van der Waals surface area contributed by atoms with Gasteiger partial charge in [-0.15, -0.1) is 0 Å². The minimum absolute atomic E-state index is 0.171. The molecule has 0 aromatic rings. The van der Waals surface area contributed by atoms with Crippen LogP contribution in [-0.4, -0.2) is 30.7 Å². The Morgan fingerprint density at radius 1 is 1.14 bits per heavy atom. The fourth-order valence-corrected chi connectivity index (χ4v) is 1.05. The van der Waals surface area contributed by atoms with Crippen molar-refractivity contribution in [1.82, 2.24) is 10.6 Å². The molecule has 5 heteroatoms. The van der Waals surface area contributed by atoms with E-state index in [0.29, 0.717) is 6.54 Å². The number of urea groups is 1. The van der Waals surface area contributed by atoms with Crippen molar-refractivity contribution in [3.8, 4) is 0 Å². The van der Waals surface area contributed by atoms with Crippen molar-refractivity contribution in [1.29, 1.82) is 0 Å². The summed E-state index contributed by atoms with van der Waals surface area (Å²) in [4.78, 5) is 20.8. The highest BCUT2D eigenvalue weighted by atomic mass is 16.4. The van der Waals surface area contributed by atoms with Gasteiger partial charge in [-0.25, -0.2) is 4.79 Å². The Labute approximate surface area is 83.9 Å². The Morgan fingerprint density at radius 2 is 1.79 bits per heavy atom. The number of hydrogen-bond acceptors (Lipinski definition) is 2. The van der Waals surface area contributed by atoms with Gasteiger partial charge in [0, 0.05) is 20.0 Å². The lowest BCUT2D eigenvalue weighted by molar-refractivity contribution is -0.137. The summed E-state index contributed by atoms with van der Waals surface area (Å²) in [6.07, 6.45) is 3.71. The predicted octanol–water partition coefficient (Wildman–Crippen LogP) is 0.950. The van der Waals surface area contributed by atoms with E-state index in [0.717, 1.165) is 25.7 Å². The number of aliphatic carboxylic acids is 1. The first-order chi connectivity index (χ1) is 6.66. The van der Waals surface area contributed by atoms with Crippen LogP contribution in [0.25, 0.3) is 0 Å². The molecule has 0 heterocycles. The van der Waals surface area contributed by atoms with E-state index in [2.05, 4.69) is 10.6 Å². The molecule has 0 saturated heterocycles. The van der Waals surface area contributed by atoms with E-state index in [1.165, 1.54) is 0 Å². The molecule has 0 rings (SSSR count). The van der Waals surface area contributed by atoms with Gasteiger partial charge in [-0.1, -0.05) is 12.8 Å². The average molecular weight is 202 g/mol. The normalized spacial score (nSPS) is 9.50. The number of rotatable bonds is 7. The number of carboxylic acid groups (broad SMARTS) is 1. The SMILES string of the molecule is CNC(=O)NCCCCCCC(=O)O. The van der Waals surface area contributed by atoms with Gasteiger partial charge in [-0.2, -0.15) is 0 Å². The van der Waals surface area contributed by atoms with Gasteiger partial charge in [0.25, 0.3) is 0 Å². The first kappa shape index (κ1) is 12.7. The Balaban J connectivity index is 3.06. The zero-order valence-electron chi connectivity index (χ0n) is 8.51. The third-order valence-electron chi connectivity index (χ3n) is 1.83. The fourth-order valence-electron chi connectivity index (χ4n) is 1.05. The van der Waals surface area contributed by atoms with Crippen molar-refractivity contribution < 1.29 is 14.7 Å². The van der Waals surface area contributed by atoms with Crippen LogP contribution in [0.2, 0.25) is 0 Å². The topological polar surface area (TPSA) is 78.4 Å². The molecule has 0 aliphatic heterocycles. The summed E-state index contributed by atoms with van der Waals surface area (Å²) in [5, 5.41) is 13.5. The number of carboxylic acids is 1. The van der Waals surface area contributed by atoms with Crippen LogP contribution >= 0.6 is 0 Å². The molecule has 0 aliphatic carbocycles. The van der Waals surface area contributed by atoms with Gasteiger partial charge in [-0.3, -0.25) is 4.79 Å². The van der Waals surface area contributed by atoms with Crippen molar-refractivity contribution in [2.24, 2.45) is 0 Å². The highest BCUT2D eigenvalue weighted by Gasteiger charge is 1.97. The zero-order valence-corrected chi connectivity index (χ0v) is 8.51. The van der Waals surface area contributed by atoms with Gasteiger partial charge < -0.3 is 15.7 Å². The van der Waals surface area contributed by atoms with Crippen molar-refractivity contribution in [2.45, 2.75) is 32.1 Å². The molecule has 0 aromatic heterocycles. The maximum absolute atomic E-state index is 10.7. The van der Waals surface area contributed by atoms with Crippen LogP contribution in [0.15, 0.2) is 0 Å². The summed E-state index contributed by atoms with van der Waals surface area (Å²) < 4.78 is 0. The van der Waals surface area contributed by atoms with Crippen molar-refractivity contribution in [3.63, 3.8) is 0 Å². The summed E-state index contributed by atoms with van der Waals surface area (Å²) in [6.45, 7) is 0.646. The van der Waals surface area contributed by atoms with E-state index in [1.807, 2.05) is 0 Å². The summed E-state index contributed by atoms with van der Waals surface area (Å²) in [6, 6.07) is -0.171. The van der Waals surface area contributed by atoms with Crippen LogP contribution < -0.4 is 10.6 Å². The number of carbonyl (C=O) groups is 2. The van der Waals surface area contributed by atoms with Crippen molar-refractivity contribution >= 4 is 12.0 Å². The van der Waals surface area contributed by atoms with Gasteiger partial charge >= 0.3 is 12.0 Å². The van der Waals surface area contributed by atoms with E-state index >= 15 is 0 Å². The summed E-state index contributed by atoms with van der Waals surface area (Å²) in [5.41, 5.74) is 0. The van der Waals surface area contributed by atoms with Crippen LogP contribution in [0.4, 0.5) is 4.79 Å². The number of hydrogen-bond donors (Lipinski definition) is 3.